The standard InChI is InChI=1S/C21H24N2O3S/c1-2-18(15-17-9-4-3-5-10-17)21(24)22-19-11-8-12-20(16-19)27(25,26)23-13-6-7-14-23/h3-5,8-12,15-16H,2,6-7,13-14H2,1H3,(H,22,24)/b18-15+. The molecule has 2 aromatic carbocycles. The molecular formula is C21H24N2O3S. The second-order valence-electron chi connectivity index (χ2n) is 6.53. The van der Waals surface area contributed by atoms with E-state index in [1.807, 2.05) is 43.3 Å². The summed E-state index contributed by atoms with van der Waals surface area (Å²) in [5, 5.41) is 2.83. The molecule has 1 aliphatic heterocycles. The summed E-state index contributed by atoms with van der Waals surface area (Å²) in [4.78, 5) is 12.8. The van der Waals surface area contributed by atoms with E-state index in [9.17, 15) is 13.2 Å². The Balaban J connectivity index is 1.79. The number of anilines is 1. The van der Waals surface area contributed by atoms with Crippen molar-refractivity contribution in [3.63, 3.8) is 0 Å². The minimum atomic E-state index is -3.50. The Bertz CT molecular complexity index is 931. The van der Waals surface area contributed by atoms with Gasteiger partial charge in [-0.15, -0.1) is 0 Å². The van der Waals surface area contributed by atoms with Gasteiger partial charge in [0.05, 0.1) is 4.90 Å². The van der Waals surface area contributed by atoms with Gasteiger partial charge in [0, 0.05) is 24.4 Å². The van der Waals surface area contributed by atoms with Crippen LogP contribution < -0.4 is 5.32 Å². The molecule has 142 valence electrons. The van der Waals surface area contributed by atoms with E-state index in [1.165, 1.54) is 10.4 Å². The van der Waals surface area contributed by atoms with Gasteiger partial charge in [0.25, 0.3) is 5.91 Å². The van der Waals surface area contributed by atoms with Gasteiger partial charge in [0.2, 0.25) is 10.0 Å². The van der Waals surface area contributed by atoms with Gasteiger partial charge >= 0.3 is 0 Å². The summed E-state index contributed by atoms with van der Waals surface area (Å²) >= 11 is 0. The van der Waals surface area contributed by atoms with Gasteiger partial charge < -0.3 is 5.32 Å². The minimum absolute atomic E-state index is 0.215. The van der Waals surface area contributed by atoms with Crippen molar-refractivity contribution in [1.82, 2.24) is 4.31 Å². The van der Waals surface area contributed by atoms with Gasteiger partial charge in [-0.1, -0.05) is 43.3 Å². The van der Waals surface area contributed by atoms with Crippen LogP contribution in [0.15, 0.2) is 65.1 Å². The van der Waals surface area contributed by atoms with Crippen LogP contribution in [0, 0.1) is 0 Å². The highest BCUT2D eigenvalue weighted by atomic mass is 32.2. The Labute approximate surface area is 160 Å². The molecule has 1 N–H and O–H groups in total. The monoisotopic (exact) mass is 384 g/mol. The molecule has 0 radical (unpaired) electrons. The first-order valence-electron chi connectivity index (χ1n) is 9.18. The maximum absolute atomic E-state index is 12.7. The van der Waals surface area contributed by atoms with Gasteiger partial charge in [-0.05, 0) is 49.1 Å². The lowest BCUT2D eigenvalue weighted by molar-refractivity contribution is -0.112. The number of nitrogens with one attached hydrogen (secondary N) is 1. The van der Waals surface area contributed by atoms with E-state index < -0.39 is 10.0 Å². The van der Waals surface area contributed by atoms with Crippen molar-refractivity contribution in [1.29, 1.82) is 0 Å². The van der Waals surface area contributed by atoms with Crippen LogP contribution in [0.25, 0.3) is 6.08 Å². The molecule has 1 saturated heterocycles. The maximum atomic E-state index is 12.7. The average molecular weight is 385 g/mol. The predicted octanol–water partition coefficient (Wildman–Crippen LogP) is 3.90. The van der Waals surface area contributed by atoms with E-state index in [0.717, 1.165) is 18.4 Å². The average Bonchev–Trinajstić information content (AvgIpc) is 3.23. The smallest absolute Gasteiger partial charge is 0.251 e. The van der Waals surface area contributed by atoms with Crippen LogP contribution in [0.3, 0.4) is 0 Å². The fourth-order valence-electron chi connectivity index (χ4n) is 3.10. The maximum Gasteiger partial charge on any atom is 0.251 e. The second kappa shape index (κ2) is 8.50. The molecule has 5 nitrogen and oxygen atoms in total. The number of hydrogen-bond donors (Lipinski definition) is 1. The van der Waals surface area contributed by atoms with E-state index >= 15 is 0 Å². The Morgan fingerprint density at radius 2 is 1.78 bits per heavy atom. The lowest BCUT2D eigenvalue weighted by Crippen LogP contribution is -2.28. The third-order valence-electron chi connectivity index (χ3n) is 4.61. The third kappa shape index (κ3) is 4.64. The molecule has 2 aromatic rings. The van der Waals surface area contributed by atoms with Crippen molar-refractivity contribution in [2.75, 3.05) is 18.4 Å². The van der Waals surface area contributed by atoms with E-state index in [1.54, 1.807) is 18.2 Å². The van der Waals surface area contributed by atoms with Crippen LogP contribution in [0.1, 0.15) is 31.7 Å². The zero-order valence-electron chi connectivity index (χ0n) is 15.4. The summed E-state index contributed by atoms with van der Waals surface area (Å²) in [5.74, 6) is -0.225. The number of nitrogens with zero attached hydrogens (tertiary/aromatic N) is 1. The normalized spacial score (nSPS) is 15.7. The molecule has 1 aliphatic rings. The first-order valence-corrected chi connectivity index (χ1v) is 10.6. The Kier molecular flexibility index (Phi) is 6.08. The number of carbonyl (C=O) groups is 1. The molecule has 1 amide bonds. The molecule has 0 aliphatic carbocycles. The van der Waals surface area contributed by atoms with Gasteiger partial charge in [-0.2, -0.15) is 4.31 Å². The molecule has 0 aromatic heterocycles. The summed E-state index contributed by atoms with van der Waals surface area (Å²) in [7, 11) is -3.50. The third-order valence-corrected chi connectivity index (χ3v) is 6.50. The molecular weight excluding hydrogens is 360 g/mol. The van der Waals surface area contributed by atoms with Crippen molar-refractivity contribution in [2.24, 2.45) is 0 Å². The Hall–Kier alpha value is -2.44. The number of hydrogen-bond acceptors (Lipinski definition) is 3. The van der Waals surface area contributed by atoms with Crippen molar-refractivity contribution in [3.05, 3.63) is 65.7 Å². The van der Waals surface area contributed by atoms with Crippen molar-refractivity contribution < 1.29 is 13.2 Å². The van der Waals surface area contributed by atoms with Crippen LogP contribution >= 0.6 is 0 Å². The van der Waals surface area contributed by atoms with Crippen LogP contribution in [-0.4, -0.2) is 31.7 Å². The molecule has 27 heavy (non-hydrogen) atoms. The summed E-state index contributed by atoms with van der Waals surface area (Å²) < 4.78 is 26.9. The Morgan fingerprint density at radius 1 is 1.07 bits per heavy atom. The van der Waals surface area contributed by atoms with E-state index in [2.05, 4.69) is 5.32 Å². The fourth-order valence-corrected chi connectivity index (χ4v) is 4.67. The lowest BCUT2D eigenvalue weighted by Gasteiger charge is -2.16. The molecule has 3 rings (SSSR count). The Morgan fingerprint density at radius 3 is 2.44 bits per heavy atom. The highest BCUT2D eigenvalue weighted by molar-refractivity contribution is 7.89. The van der Waals surface area contributed by atoms with Crippen LogP contribution in [0.5, 0.6) is 0 Å². The van der Waals surface area contributed by atoms with Crippen LogP contribution in [-0.2, 0) is 14.8 Å². The first kappa shape index (κ1) is 19.3. The lowest BCUT2D eigenvalue weighted by atomic mass is 10.1. The molecule has 1 fully saturated rings. The van der Waals surface area contributed by atoms with Gasteiger partial charge in [0.15, 0.2) is 0 Å². The molecule has 0 atom stereocenters. The largest absolute Gasteiger partial charge is 0.322 e. The van der Waals surface area contributed by atoms with Crippen molar-refractivity contribution in [2.45, 2.75) is 31.1 Å². The fraction of sp³-hybridized carbons (Fsp3) is 0.286. The molecule has 6 heteroatoms. The number of benzene rings is 2. The molecule has 0 unspecified atom stereocenters. The molecule has 0 spiro atoms. The van der Waals surface area contributed by atoms with Crippen molar-refractivity contribution >= 4 is 27.7 Å². The quantitative estimate of drug-likeness (QED) is 0.768. The zero-order chi connectivity index (χ0) is 19.3. The summed E-state index contributed by atoms with van der Waals surface area (Å²) in [6, 6.07) is 16.1. The topological polar surface area (TPSA) is 66.5 Å². The summed E-state index contributed by atoms with van der Waals surface area (Å²) in [6.45, 7) is 3.03. The summed E-state index contributed by atoms with van der Waals surface area (Å²) in [5.41, 5.74) is 2.07. The zero-order valence-corrected chi connectivity index (χ0v) is 16.2. The number of sulfonamides is 1. The predicted molar refractivity (Wildman–Crippen MR) is 108 cm³/mol. The highest BCUT2D eigenvalue weighted by Crippen LogP contribution is 2.23. The molecule has 0 bridgehead atoms. The van der Waals surface area contributed by atoms with Crippen LogP contribution in [0.2, 0.25) is 0 Å². The number of carbonyl (C=O) groups excluding carboxylic acids is 1. The van der Waals surface area contributed by atoms with Crippen LogP contribution in [0.4, 0.5) is 5.69 Å². The molecule has 0 saturated carbocycles. The first-order chi connectivity index (χ1) is 13.0. The van der Waals surface area contributed by atoms with Gasteiger partial charge in [-0.3, -0.25) is 4.79 Å². The summed E-state index contributed by atoms with van der Waals surface area (Å²) in [6.07, 6.45) is 4.20. The van der Waals surface area contributed by atoms with E-state index in [0.29, 0.717) is 30.8 Å². The van der Waals surface area contributed by atoms with Crippen molar-refractivity contribution in [3.8, 4) is 0 Å². The number of amides is 1. The molecule has 1 heterocycles. The second-order valence-corrected chi connectivity index (χ2v) is 8.46. The minimum Gasteiger partial charge on any atom is -0.322 e. The number of rotatable bonds is 6. The van der Waals surface area contributed by atoms with E-state index in [4.69, 9.17) is 0 Å². The van der Waals surface area contributed by atoms with Gasteiger partial charge in [0.1, 0.15) is 0 Å². The highest BCUT2D eigenvalue weighted by Gasteiger charge is 2.27. The van der Waals surface area contributed by atoms with E-state index in [-0.39, 0.29) is 10.8 Å². The SMILES string of the molecule is CC/C(=C\c1ccccc1)C(=O)Nc1cccc(S(=O)(=O)N2CCCC2)c1. The van der Waals surface area contributed by atoms with Gasteiger partial charge in [-0.25, -0.2) is 8.42 Å².